The zero-order valence-electron chi connectivity index (χ0n) is 11.1. The van der Waals surface area contributed by atoms with Gasteiger partial charge >= 0.3 is 0 Å². The molecule has 18 heavy (non-hydrogen) atoms. The lowest BCUT2D eigenvalue weighted by molar-refractivity contribution is -0.134. The number of hydrogen-bond acceptors (Lipinski definition) is 4. The third-order valence-electron chi connectivity index (χ3n) is 3.94. The molecule has 0 aromatic carbocycles. The van der Waals surface area contributed by atoms with Gasteiger partial charge in [0.25, 0.3) is 0 Å². The second kappa shape index (κ2) is 4.85. The van der Waals surface area contributed by atoms with Crippen molar-refractivity contribution in [2.24, 2.45) is 11.3 Å². The van der Waals surface area contributed by atoms with Gasteiger partial charge in [0, 0.05) is 38.6 Å². The van der Waals surface area contributed by atoms with E-state index in [4.69, 9.17) is 5.84 Å². The normalized spacial score (nSPS) is 25.2. The highest BCUT2D eigenvalue weighted by Crippen LogP contribution is 2.25. The van der Waals surface area contributed by atoms with Gasteiger partial charge in [0.05, 0.1) is 5.41 Å². The van der Waals surface area contributed by atoms with Crippen LogP contribution in [0.5, 0.6) is 0 Å². The molecule has 6 heteroatoms. The molecule has 2 fully saturated rings. The van der Waals surface area contributed by atoms with Crippen LogP contribution in [-0.4, -0.2) is 53.8 Å². The first-order chi connectivity index (χ1) is 8.44. The van der Waals surface area contributed by atoms with Crippen molar-refractivity contribution in [3.8, 4) is 0 Å². The summed E-state index contributed by atoms with van der Waals surface area (Å²) in [4.78, 5) is 27.5. The van der Waals surface area contributed by atoms with Crippen molar-refractivity contribution in [3.63, 3.8) is 0 Å². The summed E-state index contributed by atoms with van der Waals surface area (Å²) in [5.74, 6) is 5.33. The van der Waals surface area contributed by atoms with E-state index in [0.29, 0.717) is 19.0 Å². The molecular weight excluding hydrogens is 232 g/mol. The number of carbonyl (C=O) groups is 2. The maximum Gasteiger partial charge on any atom is 0.240 e. The van der Waals surface area contributed by atoms with Gasteiger partial charge in [-0.25, -0.2) is 5.84 Å². The van der Waals surface area contributed by atoms with Gasteiger partial charge in [0.2, 0.25) is 11.8 Å². The van der Waals surface area contributed by atoms with E-state index in [2.05, 4.69) is 10.3 Å². The van der Waals surface area contributed by atoms with Gasteiger partial charge in [-0.3, -0.25) is 19.9 Å². The van der Waals surface area contributed by atoms with E-state index in [1.807, 2.05) is 18.7 Å². The van der Waals surface area contributed by atoms with E-state index in [1.54, 1.807) is 0 Å². The lowest BCUT2D eigenvalue weighted by Gasteiger charge is -2.40. The van der Waals surface area contributed by atoms with Crippen molar-refractivity contribution in [1.82, 2.24) is 15.2 Å². The van der Waals surface area contributed by atoms with Crippen LogP contribution in [0.3, 0.4) is 0 Å². The number of hydrazine groups is 1. The van der Waals surface area contributed by atoms with E-state index >= 15 is 0 Å². The van der Waals surface area contributed by atoms with Crippen molar-refractivity contribution in [3.05, 3.63) is 0 Å². The number of amides is 2. The molecule has 0 aromatic heterocycles. The number of hydrogen-bond donors (Lipinski definition) is 2. The number of carbonyl (C=O) groups excluding carboxylic acids is 2. The summed E-state index contributed by atoms with van der Waals surface area (Å²) in [6, 6.07) is 0.336. The number of nitrogens with zero attached hydrogens (tertiary/aromatic N) is 2. The second-order valence-electron chi connectivity index (χ2n) is 5.87. The van der Waals surface area contributed by atoms with Gasteiger partial charge in [-0.2, -0.15) is 0 Å². The molecule has 0 aliphatic carbocycles. The molecule has 0 spiro atoms. The fourth-order valence-electron chi connectivity index (χ4n) is 2.90. The molecule has 6 nitrogen and oxygen atoms in total. The maximum absolute atomic E-state index is 11.7. The Morgan fingerprint density at radius 2 is 2.22 bits per heavy atom. The first kappa shape index (κ1) is 13.3. The van der Waals surface area contributed by atoms with Crippen molar-refractivity contribution in [2.45, 2.75) is 32.7 Å². The van der Waals surface area contributed by atoms with E-state index in [1.165, 1.54) is 0 Å². The molecule has 1 atom stereocenters. The van der Waals surface area contributed by atoms with Gasteiger partial charge in [-0.1, -0.05) is 0 Å². The van der Waals surface area contributed by atoms with E-state index < -0.39 is 5.41 Å². The lowest BCUT2D eigenvalue weighted by Crippen LogP contribution is -2.55. The number of rotatable bonds is 3. The van der Waals surface area contributed by atoms with Crippen LogP contribution >= 0.6 is 0 Å². The molecule has 102 valence electrons. The number of piperazine rings is 1. The Bertz CT molecular complexity index is 356. The van der Waals surface area contributed by atoms with Crippen LogP contribution < -0.4 is 11.3 Å². The Balaban J connectivity index is 1.93. The van der Waals surface area contributed by atoms with Crippen LogP contribution in [0.1, 0.15) is 26.7 Å². The average molecular weight is 254 g/mol. The minimum absolute atomic E-state index is 0.146. The summed E-state index contributed by atoms with van der Waals surface area (Å²) >= 11 is 0. The molecular formula is C12H22N4O2. The van der Waals surface area contributed by atoms with Crippen LogP contribution in [-0.2, 0) is 9.59 Å². The Morgan fingerprint density at radius 3 is 2.89 bits per heavy atom. The minimum atomic E-state index is -0.500. The summed E-state index contributed by atoms with van der Waals surface area (Å²) in [6.07, 6.45) is 1.62. The fourth-order valence-corrected chi connectivity index (χ4v) is 2.90. The first-order valence-electron chi connectivity index (χ1n) is 6.47. The predicted octanol–water partition coefficient (Wildman–Crippen LogP) is -0.691. The molecule has 0 saturated carbocycles. The second-order valence-corrected chi connectivity index (χ2v) is 5.87. The average Bonchev–Trinajstić information content (AvgIpc) is 2.69. The van der Waals surface area contributed by atoms with Crippen LogP contribution in [0.15, 0.2) is 0 Å². The first-order valence-corrected chi connectivity index (χ1v) is 6.47. The molecule has 0 radical (unpaired) electrons. The van der Waals surface area contributed by atoms with Crippen molar-refractivity contribution >= 4 is 11.8 Å². The smallest absolute Gasteiger partial charge is 0.240 e. The Hall–Kier alpha value is -1.14. The van der Waals surface area contributed by atoms with Crippen LogP contribution in [0.25, 0.3) is 0 Å². The molecule has 1 unspecified atom stereocenters. The molecule has 2 aliphatic rings. The van der Waals surface area contributed by atoms with Crippen LogP contribution in [0, 0.1) is 5.41 Å². The van der Waals surface area contributed by atoms with Crippen molar-refractivity contribution in [1.29, 1.82) is 0 Å². The molecule has 2 aliphatic heterocycles. The third kappa shape index (κ3) is 2.49. The van der Waals surface area contributed by atoms with E-state index in [-0.39, 0.29) is 11.8 Å². The Labute approximate surface area is 107 Å². The van der Waals surface area contributed by atoms with Gasteiger partial charge in [-0.15, -0.1) is 0 Å². The monoisotopic (exact) mass is 254 g/mol. The molecule has 2 rings (SSSR count). The van der Waals surface area contributed by atoms with Gasteiger partial charge in [-0.05, 0) is 20.3 Å². The Morgan fingerprint density at radius 1 is 1.50 bits per heavy atom. The fraction of sp³-hybridized carbons (Fsp3) is 0.833. The predicted molar refractivity (Wildman–Crippen MR) is 67.3 cm³/mol. The van der Waals surface area contributed by atoms with Gasteiger partial charge < -0.3 is 4.90 Å². The highest BCUT2D eigenvalue weighted by atomic mass is 16.2. The molecule has 2 heterocycles. The summed E-state index contributed by atoms with van der Waals surface area (Å²) in [5.41, 5.74) is 1.72. The van der Waals surface area contributed by atoms with E-state index in [0.717, 1.165) is 26.1 Å². The third-order valence-corrected chi connectivity index (χ3v) is 3.94. The molecule has 0 aromatic rings. The van der Waals surface area contributed by atoms with Gasteiger partial charge in [0.1, 0.15) is 0 Å². The Kier molecular flexibility index (Phi) is 3.59. The summed E-state index contributed by atoms with van der Waals surface area (Å²) in [5, 5.41) is 0. The SMILES string of the molecule is CC(C)(CN1CCN2C(=O)CCC2C1)C(=O)NN. The topological polar surface area (TPSA) is 78.7 Å². The summed E-state index contributed by atoms with van der Waals surface area (Å²) in [7, 11) is 0. The maximum atomic E-state index is 11.7. The van der Waals surface area contributed by atoms with Crippen molar-refractivity contribution in [2.75, 3.05) is 26.2 Å². The number of fused-ring (bicyclic) bond motifs is 1. The largest absolute Gasteiger partial charge is 0.337 e. The molecule has 3 N–H and O–H groups in total. The molecule has 2 saturated heterocycles. The molecule has 0 bridgehead atoms. The zero-order valence-corrected chi connectivity index (χ0v) is 11.1. The summed E-state index contributed by atoms with van der Waals surface area (Å²) in [6.45, 7) is 6.94. The molecule has 2 amide bonds. The number of nitrogens with two attached hydrogens (primary N) is 1. The quantitative estimate of drug-likeness (QED) is 0.397. The van der Waals surface area contributed by atoms with Gasteiger partial charge in [0.15, 0.2) is 0 Å². The van der Waals surface area contributed by atoms with E-state index in [9.17, 15) is 9.59 Å². The number of nitrogens with one attached hydrogen (secondary N) is 1. The van der Waals surface area contributed by atoms with Crippen LogP contribution in [0.2, 0.25) is 0 Å². The minimum Gasteiger partial charge on any atom is -0.337 e. The zero-order chi connectivity index (χ0) is 13.3. The van der Waals surface area contributed by atoms with Crippen LogP contribution in [0.4, 0.5) is 0 Å². The lowest BCUT2D eigenvalue weighted by atomic mass is 9.91. The highest BCUT2D eigenvalue weighted by Gasteiger charge is 2.38. The summed E-state index contributed by atoms with van der Waals surface area (Å²) < 4.78 is 0. The standard InChI is InChI=1S/C12H22N4O2/c1-12(2,11(18)14-13)8-15-5-6-16-9(7-15)3-4-10(16)17/h9H,3-8,13H2,1-2H3,(H,14,18). The van der Waals surface area contributed by atoms with Crippen molar-refractivity contribution < 1.29 is 9.59 Å². The highest BCUT2D eigenvalue weighted by molar-refractivity contribution is 5.81.